The molecule has 0 bridgehead atoms. The maximum Gasteiger partial charge on any atom is 0.273 e. The number of carbonyl (C=O) groups is 1. The van der Waals surface area contributed by atoms with Crippen LogP contribution >= 0.6 is 0 Å². The Labute approximate surface area is 103 Å². The third-order valence-corrected chi connectivity index (χ3v) is 2.60. The van der Waals surface area contributed by atoms with Gasteiger partial charge in [-0.1, -0.05) is 12.1 Å². The van der Waals surface area contributed by atoms with Crippen LogP contribution in [0.4, 0.5) is 4.39 Å². The van der Waals surface area contributed by atoms with Crippen LogP contribution in [0.2, 0.25) is 0 Å². The van der Waals surface area contributed by atoms with Crippen LogP contribution in [0.25, 0.3) is 0 Å². The number of amides is 1. The number of hydrogen-bond donors (Lipinski definition) is 2. The largest absolute Gasteiger partial charge is 0.347 e. The number of aromatic nitrogens is 3. The van der Waals surface area contributed by atoms with Gasteiger partial charge in [0.15, 0.2) is 5.69 Å². The Balaban J connectivity index is 2.05. The van der Waals surface area contributed by atoms with E-state index >= 15 is 0 Å². The van der Waals surface area contributed by atoms with E-state index in [1.54, 1.807) is 26.0 Å². The SMILES string of the molecule is Cc1cc(CNC(=O)c2cn[nH]n2)cc(C)c1F. The molecular formula is C12H13FN4O. The van der Waals surface area contributed by atoms with E-state index < -0.39 is 0 Å². The zero-order valence-electron chi connectivity index (χ0n) is 10.1. The third kappa shape index (κ3) is 2.53. The highest BCUT2D eigenvalue weighted by molar-refractivity contribution is 5.91. The molecule has 6 heteroatoms. The van der Waals surface area contributed by atoms with Crippen LogP contribution in [0.5, 0.6) is 0 Å². The molecule has 1 aromatic heterocycles. The third-order valence-electron chi connectivity index (χ3n) is 2.60. The van der Waals surface area contributed by atoms with Crippen molar-refractivity contribution in [1.82, 2.24) is 20.7 Å². The number of nitrogens with one attached hydrogen (secondary N) is 2. The summed E-state index contributed by atoms with van der Waals surface area (Å²) < 4.78 is 13.4. The smallest absolute Gasteiger partial charge is 0.273 e. The molecule has 0 fully saturated rings. The topological polar surface area (TPSA) is 70.7 Å². The maximum absolute atomic E-state index is 13.4. The van der Waals surface area contributed by atoms with E-state index in [1.807, 2.05) is 0 Å². The van der Waals surface area contributed by atoms with Crippen molar-refractivity contribution in [2.75, 3.05) is 0 Å². The van der Waals surface area contributed by atoms with E-state index in [9.17, 15) is 9.18 Å². The van der Waals surface area contributed by atoms with Gasteiger partial charge in [-0.05, 0) is 30.5 Å². The Morgan fingerprint density at radius 2 is 2.06 bits per heavy atom. The van der Waals surface area contributed by atoms with Crippen molar-refractivity contribution in [3.05, 3.63) is 46.5 Å². The number of nitrogens with zero attached hydrogens (tertiary/aromatic N) is 2. The van der Waals surface area contributed by atoms with Gasteiger partial charge in [0, 0.05) is 6.54 Å². The van der Waals surface area contributed by atoms with Crippen molar-refractivity contribution in [2.24, 2.45) is 0 Å². The number of halogens is 1. The average Bonchev–Trinajstić information content (AvgIpc) is 2.86. The molecule has 0 saturated heterocycles. The summed E-state index contributed by atoms with van der Waals surface area (Å²) in [6.07, 6.45) is 1.34. The van der Waals surface area contributed by atoms with E-state index in [4.69, 9.17) is 0 Å². The summed E-state index contributed by atoms with van der Waals surface area (Å²) in [5, 5.41) is 12.3. The van der Waals surface area contributed by atoms with Crippen molar-refractivity contribution in [1.29, 1.82) is 0 Å². The van der Waals surface area contributed by atoms with Gasteiger partial charge in [0.1, 0.15) is 5.82 Å². The lowest BCUT2D eigenvalue weighted by molar-refractivity contribution is 0.0946. The van der Waals surface area contributed by atoms with E-state index in [2.05, 4.69) is 20.7 Å². The molecule has 1 aromatic carbocycles. The highest BCUT2D eigenvalue weighted by Gasteiger charge is 2.09. The number of H-pyrrole nitrogens is 1. The number of carbonyl (C=O) groups excluding carboxylic acids is 1. The van der Waals surface area contributed by atoms with Crippen LogP contribution in [0.15, 0.2) is 18.3 Å². The van der Waals surface area contributed by atoms with E-state index in [0.717, 1.165) is 5.56 Å². The molecule has 1 heterocycles. The molecule has 0 aliphatic carbocycles. The minimum Gasteiger partial charge on any atom is -0.347 e. The molecule has 2 aromatic rings. The quantitative estimate of drug-likeness (QED) is 0.864. The van der Waals surface area contributed by atoms with Gasteiger partial charge in [-0.15, -0.1) is 0 Å². The van der Waals surface area contributed by atoms with Crippen LogP contribution in [0, 0.1) is 19.7 Å². The van der Waals surface area contributed by atoms with Crippen LogP contribution < -0.4 is 5.32 Å². The van der Waals surface area contributed by atoms with E-state index in [-0.39, 0.29) is 17.4 Å². The molecule has 0 aliphatic heterocycles. The summed E-state index contributed by atoms with van der Waals surface area (Å²) >= 11 is 0. The molecule has 18 heavy (non-hydrogen) atoms. The second kappa shape index (κ2) is 4.95. The van der Waals surface area contributed by atoms with Gasteiger partial charge in [-0.25, -0.2) is 4.39 Å². The van der Waals surface area contributed by atoms with Crippen LogP contribution in [-0.4, -0.2) is 21.3 Å². The molecule has 5 nitrogen and oxygen atoms in total. The Morgan fingerprint density at radius 1 is 1.39 bits per heavy atom. The first-order valence-corrected chi connectivity index (χ1v) is 5.47. The summed E-state index contributed by atoms with van der Waals surface area (Å²) in [6.45, 7) is 3.73. The van der Waals surface area contributed by atoms with Crippen molar-refractivity contribution in [3.63, 3.8) is 0 Å². The van der Waals surface area contributed by atoms with Crippen molar-refractivity contribution in [2.45, 2.75) is 20.4 Å². The first-order valence-electron chi connectivity index (χ1n) is 5.47. The van der Waals surface area contributed by atoms with Crippen LogP contribution in [0.1, 0.15) is 27.2 Å². The summed E-state index contributed by atoms with van der Waals surface area (Å²) in [4.78, 5) is 11.6. The Kier molecular flexibility index (Phi) is 3.36. The maximum atomic E-state index is 13.4. The Morgan fingerprint density at radius 3 is 2.61 bits per heavy atom. The molecule has 2 rings (SSSR count). The Bertz CT molecular complexity index is 542. The van der Waals surface area contributed by atoms with Gasteiger partial charge in [0.05, 0.1) is 6.20 Å². The number of hydrogen-bond acceptors (Lipinski definition) is 3. The highest BCUT2D eigenvalue weighted by atomic mass is 19.1. The van der Waals surface area contributed by atoms with Crippen molar-refractivity contribution >= 4 is 5.91 Å². The van der Waals surface area contributed by atoms with E-state index in [1.165, 1.54) is 6.20 Å². The van der Waals surface area contributed by atoms with Gasteiger partial charge in [-0.3, -0.25) is 4.79 Å². The molecule has 0 unspecified atom stereocenters. The molecule has 0 atom stereocenters. The van der Waals surface area contributed by atoms with Gasteiger partial charge >= 0.3 is 0 Å². The first-order chi connectivity index (χ1) is 8.58. The summed E-state index contributed by atoms with van der Waals surface area (Å²) in [5.74, 6) is -0.523. The second-order valence-corrected chi connectivity index (χ2v) is 4.08. The number of aryl methyl sites for hydroxylation is 2. The van der Waals surface area contributed by atoms with E-state index in [0.29, 0.717) is 17.7 Å². The predicted molar refractivity (Wildman–Crippen MR) is 63.4 cm³/mol. The number of aromatic amines is 1. The second-order valence-electron chi connectivity index (χ2n) is 4.08. The lowest BCUT2D eigenvalue weighted by atomic mass is 10.1. The lowest BCUT2D eigenvalue weighted by Crippen LogP contribution is -2.23. The molecule has 1 amide bonds. The number of benzene rings is 1. The van der Waals surface area contributed by atoms with Crippen LogP contribution in [0.3, 0.4) is 0 Å². The lowest BCUT2D eigenvalue weighted by Gasteiger charge is -2.07. The zero-order chi connectivity index (χ0) is 13.1. The normalized spacial score (nSPS) is 10.4. The molecule has 0 aliphatic rings. The minimum absolute atomic E-state index is 0.207. The molecule has 2 N–H and O–H groups in total. The van der Waals surface area contributed by atoms with Crippen molar-refractivity contribution < 1.29 is 9.18 Å². The zero-order valence-corrected chi connectivity index (χ0v) is 10.1. The molecule has 0 spiro atoms. The van der Waals surface area contributed by atoms with Gasteiger partial charge in [-0.2, -0.15) is 15.4 Å². The molecule has 94 valence electrons. The Hall–Kier alpha value is -2.24. The summed E-state index contributed by atoms with van der Waals surface area (Å²) in [5.41, 5.74) is 2.22. The summed E-state index contributed by atoms with van der Waals surface area (Å²) in [7, 11) is 0. The van der Waals surface area contributed by atoms with Crippen LogP contribution in [-0.2, 0) is 6.54 Å². The fourth-order valence-electron chi connectivity index (χ4n) is 1.72. The van der Waals surface area contributed by atoms with Gasteiger partial charge in [0.2, 0.25) is 0 Å². The van der Waals surface area contributed by atoms with Crippen molar-refractivity contribution in [3.8, 4) is 0 Å². The minimum atomic E-state index is -0.316. The fourth-order valence-corrected chi connectivity index (χ4v) is 1.72. The van der Waals surface area contributed by atoms with Gasteiger partial charge in [0.25, 0.3) is 5.91 Å². The molecular weight excluding hydrogens is 235 g/mol. The molecule has 0 radical (unpaired) electrons. The first kappa shape index (κ1) is 12.2. The van der Waals surface area contributed by atoms with Gasteiger partial charge < -0.3 is 5.32 Å². The highest BCUT2D eigenvalue weighted by Crippen LogP contribution is 2.14. The predicted octanol–water partition coefficient (Wildman–Crippen LogP) is 1.49. The fraction of sp³-hybridized carbons (Fsp3) is 0.250. The standard InChI is InChI=1S/C12H13FN4O/c1-7-3-9(4-8(2)11(7)13)5-14-12(18)10-6-15-17-16-10/h3-4,6H,5H2,1-2H3,(H,14,18)(H,15,16,17). The number of rotatable bonds is 3. The monoisotopic (exact) mass is 248 g/mol. The molecule has 0 saturated carbocycles. The average molecular weight is 248 g/mol. The summed E-state index contributed by atoms with van der Waals surface area (Å²) in [6, 6.07) is 3.43.